The Morgan fingerprint density at radius 2 is 1.65 bits per heavy atom. The highest BCUT2D eigenvalue weighted by Crippen LogP contribution is 2.24. The van der Waals surface area contributed by atoms with Gasteiger partial charge in [0.25, 0.3) is 5.91 Å². The number of rotatable bonds is 5. The Kier molecular flexibility index (Phi) is 8.91. The molecule has 0 bridgehead atoms. The van der Waals surface area contributed by atoms with Crippen LogP contribution in [0.25, 0.3) is 0 Å². The van der Waals surface area contributed by atoms with Crippen LogP contribution in [0.4, 0.5) is 5.69 Å². The van der Waals surface area contributed by atoms with Crippen LogP contribution in [-0.2, 0) is 0 Å². The first kappa shape index (κ1) is 24.2. The van der Waals surface area contributed by atoms with Gasteiger partial charge in [-0.05, 0) is 68.1 Å². The first-order valence-corrected chi connectivity index (χ1v) is 11.7. The lowest BCUT2D eigenvalue weighted by Crippen LogP contribution is -2.49. The average Bonchev–Trinajstić information content (AvgIpc) is 2.78. The van der Waals surface area contributed by atoms with Crippen molar-refractivity contribution in [3.05, 3.63) is 64.1 Å². The zero-order chi connectivity index (χ0) is 20.9. The van der Waals surface area contributed by atoms with Gasteiger partial charge in [0.05, 0.1) is 0 Å². The first-order chi connectivity index (χ1) is 14.6. The molecule has 0 aliphatic carbocycles. The van der Waals surface area contributed by atoms with Crippen molar-refractivity contribution in [2.24, 2.45) is 0 Å². The number of likely N-dealkylation sites (tertiary alicyclic amines) is 1. The van der Waals surface area contributed by atoms with Gasteiger partial charge in [0.2, 0.25) is 0 Å². The Hall–Kier alpha value is -1.46. The minimum absolute atomic E-state index is 0. The van der Waals surface area contributed by atoms with Gasteiger partial charge in [0.1, 0.15) is 0 Å². The number of carbonyl (C=O) groups is 1. The van der Waals surface area contributed by atoms with Crippen molar-refractivity contribution in [2.75, 3.05) is 44.2 Å². The number of hydrogen-bond acceptors (Lipinski definition) is 3. The summed E-state index contributed by atoms with van der Waals surface area (Å²) >= 11 is 12.1. The third kappa shape index (κ3) is 6.29. The van der Waals surface area contributed by atoms with Crippen LogP contribution >= 0.6 is 35.6 Å². The van der Waals surface area contributed by atoms with Gasteiger partial charge in [0.15, 0.2) is 0 Å². The third-order valence-corrected chi connectivity index (χ3v) is 6.79. The lowest BCUT2D eigenvalue weighted by Gasteiger charge is -2.39. The summed E-state index contributed by atoms with van der Waals surface area (Å²) in [6.45, 7) is 6.01. The van der Waals surface area contributed by atoms with Crippen LogP contribution in [-0.4, -0.2) is 61.0 Å². The molecule has 168 valence electrons. The minimum Gasteiger partial charge on any atom is -0.369 e. The van der Waals surface area contributed by atoms with E-state index in [1.807, 2.05) is 30.3 Å². The minimum atomic E-state index is 0. The maximum absolute atomic E-state index is 13.1. The van der Waals surface area contributed by atoms with E-state index in [2.05, 4.69) is 20.8 Å². The largest absolute Gasteiger partial charge is 0.369 e. The van der Waals surface area contributed by atoms with Crippen LogP contribution in [0.5, 0.6) is 0 Å². The maximum atomic E-state index is 13.1. The molecular formula is C24H30Cl3N3O. The molecule has 4 rings (SSSR count). The topological polar surface area (TPSA) is 26.8 Å². The maximum Gasteiger partial charge on any atom is 0.254 e. The van der Waals surface area contributed by atoms with Gasteiger partial charge in [-0.3, -0.25) is 9.69 Å². The Morgan fingerprint density at radius 1 is 0.903 bits per heavy atom. The molecule has 7 heteroatoms. The summed E-state index contributed by atoms with van der Waals surface area (Å²) < 4.78 is 0. The van der Waals surface area contributed by atoms with Crippen LogP contribution in [0, 0.1) is 0 Å². The molecule has 0 saturated carbocycles. The van der Waals surface area contributed by atoms with Gasteiger partial charge in [-0.25, -0.2) is 0 Å². The van der Waals surface area contributed by atoms with Crippen LogP contribution in [0.15, 0.2) is 48.5 Å². The van der Waals surface area contributed by atoms with Gasteiger partial charge in [0, 0.05) is 66.6 Å². The van der Waals surface area contributed by atoms with Crippen LogP contribution in [0.2, 0.25) is 10.0 Å². The van der Waals surface area contributed by atoms with E-state index in [0.717, 1.165) is 69.1 Å². The predicted molar refractivity (Wildman–Crippen MR) is 132 cm³/mol. The molecule has 31 heavy (non-hydrogen) atoms. The first-order valence-electron chi connectivity index (χ1n) is 10.9. The van der Waals surface area contributed by atoms with Crippen molar-refractivity contribution in [3.8, 4) is 0 Å². The molecule has 0 aromatic heterocycles. The fourth-order valence-electron chi connectivity index (χ4n) is 4.56. The smallest absolute Gasteiger partial charge is 0.254 e. The summed E-state index contributed by atoms with van der Waals surface area (Å²) in [5.41, 5.74) is 1.94. The van der Waals surface area contributed by atoms with Crippen molar-refractivity contribution in [2.45, 2.75) is 31.7 Å². The van der Waals surface area contributed by atoms with Crippen molar-refractivity contribution < 1.29 is 4.79 Å². The van der Waals surface area contributed by atoms with E-state index in [4.69, 9.17) is 23.2 Å². The lowest BCUT2D eigenvalue weighted by atomic mass is 9.97. The number of amides is 1. The molecule has 0 N–H and O–H groups in total. The Morgan fingerprint density at radius 3 is 2.35 bits per heavy atom. The molecule has 2 aliphatic heterocycles. The van der Waals surface area contributed by atoms with E-state index >= 15 is 0 Å². The zero-order valence-corrected chi connectivity index (χ0v) is 20.0. The third-order valence-electron chi connectivity index (χ3n) is 6.30. The van der Waals surface area contributed by atoms with E-state index in [9.17, 15) is 4.79 Å². The summed E-state index contributed by atoms with van der Waals surface area (Å²) in [5.74, 6) is 0.141. The molecule has 2 fully saturated rings. The van der Waals surface area contributed by atoms with Gasteiger partial charge in [-0.1, -0.05) is 29.3 Å². The van der Waals surface area contributed by atoms with Gasteiger partial charge < -0.3 is 9.80 Å². The van der Waals surface area contributed by atoms with Gasteiger partial charge in [-0.15, -0.1) is 12.4 Å². The van der Waals surface area contributed by atoms with Crippen LogP contribution in [0.1, 0.15) is 36.0 Å². The van der Waals surface area contributed by atoms with E-state index in [-0.39, 0.29) is 18.3 Å². The Labute approximate surface area is 201 Å². The molecule has 4 nitrogen and oxygen atoms in total. The van der Waals surface area contributed by atoms with Gasteiger partial charge >= 0.3 is 0 Å². The number of halogens is 3. The number of piperidine rings is 1. The van der Waals surface area contributed by atoms with Crippen LogP contribution < -0.4 is 4.90 Å². The number of carbonyl (C=O) groups excluding carboxylic acids is 1. The fraction of sp³-hybridized carbons (Fsp3) is 0.458. The molecule has 2 aliphatic rings. The SMILES string of the molecule is Cl.O=C(c1ccc(Cl)cc1)N1CCCCC1CCN1CCN(c2cccc(Cl)c2)CC1. The summed E-state index contributed by atoms with van der Waals surface area (Å²) in [6.07, 6.45) is 4.43. The van der Waals surface area contributed by atoms with Crippen molar-refractivity contribution >= 4 is 47.2 Å². The molecular weight excluding hydrogens is 453 g/mol. The Bertz CT molecular complexity index is 853. The number of nitrogens with zero attached hydrogens (tertiary/aromatic N) is 3. The standard InChI is InChI=1S/C24H29Cl2N3O.ClH/c25-20-9-7-19(8-10-20)24(30)29-12-2-1-5-22(29)11-13-27-14-16-28(17-15-27)23-6-3-4-21(26)18-23;/h3-4,6-10,18,22H,1-2,5,11-17H2;1H. The molecule has 2 heterocycles. The van der Waals surface area contributed by atoms with Crippen molar-refractivity contribution in [3.63, 3.8) is 0 Å². The molecule has 2 saturated heterocycles. The van der Waals surface area contributed by atoms with Crippen molar-refractivity contribution in [1.29, 1.82) is 0 Å². The summed E-state index contributed by atoms with van der Waals surface area (Å²) in [5, 5.41) is 1.45. The second-order valence-corrected chi connectivity index (χ2v) is 9.13. The van der Waals surface area contributed by atoms with E-state index < -0.39 is 0 Å². The van der Waals surface area contributed by atoms with Crippen LogP contribution in [0.3, 0.4) is 0 Å². The Balaban J connectivity index is 0.00000272. The molecule has 1 unspecified atom stereocenters. The number of anilines is 1. The summed E-state index contributed by atoms with van der Waals surface area (Å²) in [7, 11) is 0. The quantitative estimate of drug-likeness (QED) is 0.553. The van der Waals surface area contributed by atoms with E-state index in [1.54, 1.807) is 12.1 Å². The predicted octanol–water partition coefficient (Wildman–Crippen LogP) is 5.62. The molecule has 1 atom stereocenters. The highest BCUT2D eigenvalue weighted by molar-refractivity contribution is 6.31. The van der Waals surface area contributed by atoms with E-state index in [1.165, 1.54) is 12.1 Å². The van der Waals surface area contributed by atoms with Crippen molar-refractivity contribution in [1.82, 2.24) is 9.80 Å². The molecule has 2 aromatic rings. The monoisotopic (exact) mass is 481 g/mol. The zero-order valence-electron chi connectivity index (χ0n) is 17.7. The molecule has 0 radical (unpaired) electrons. The lowest BCUT2D eigenvalue weighted by molar-refractivity contribution is 0.0582. The fourth-order valence-corrected chi connectivity index (χ4v) is 4.87. The number of hydrogen-bond donors (Lipinski definition) is 0. The molecule has 2 aromatic carbocycles. The second kappa shape index (κ2) is 11.4. The summed E-state index contributed by atoms with van der Waals surface area (Å²) in [6, 6.07) is 15.7. The average molecular weight is 483 g/mol. The highest BCUT2D eigenvalue weighted by Gasteiger charge is 2.28. The van der Waals surface area contributed by atoms with E-state index in [0.29, 0.717) is 11.1 Å². The van der Waals surface area contributed by atoms with Gasteiger partial charge in [-0.2, -0.15) is 0 Å². The molecule has 0 spiro atoms. The second-order valence-electron chi connectivity index (χ2n) is 8.25. The highest BCUT2D eigenvalue weighted by atomic mass is 35.5. The molecule has 1 amide bonds. The normalized spacial score (nSPS) is 19.7. The number of piperazine rings is 1. The number of benzene rings is 2. The summed E-state index contributed by atoms with van der Waals surface area (Å²) in [4.78, 5) is 20.1.